The van der Waals surface area contributed by atoms with Crippen LogP contribution in [0.5, 0.6) is 5.75 Å². The van der Waals surface area contributed by atoms with Gasteiger partial charge in [0.1, 0.15) is 23.3 Å². The molecule has 0 saturated carbocycles. The first-order valence-electron chi connectivity index (χ1n) is 14.8. The zero-order valence-electron chi connectivity index (χ0n) is 25.2. The highest BCUT2D eigenvalue weighted by Gasteiger charge is 2.37. The number of furan rings is 1. The molecule has 47 heavy (non-hydrogen) atoms. The smallest absolute Gasteiger partial charge is 0.338 e. The lowest BCUT2D eigenvalue weighted by Crippen LogP contribution is -2.40. The molecule has 0 amide bonds. The van der Waals surface area contributed by atoms with Gasteiger partial charge in [-0.3, -0.25) is 9.36 Å². The highest BCUT2D eigenvalue weighted by atomic mass is 35.5. The van der Waals surface area contributed by atoms with E-state index in [9.17, 15) is 9.59 Å². The minimum Gasteiger partial charge on any atom is -0.496 e. The van der Waals surface area contributed by atoms with Gasteiger partial charge >= 0.3 is 5.97 Å². The van der Waals surface area contributed by atoms with Crippen LogP contribution < -0.4 is 19.6 Å². The van der Waals surface area contributed by atoms with Crippen molar-refractivity contribution in [1.29, 1.82) is 0 Å². The fourth-order valence-corrected chi connectivity index (χ4v) is 7.22. The van der Waals surface area contributed by atoms with E-state index in [1.807, 2.05) is 72.8 Å². The normalized spacial score (nSPS) is 14.6. The third-order valence-corrected chi connectivity index (χ3v) is 9.72. The van der Waals surface area contributed by atoms with Crippen LogP contribution in [0.3, 0.4) is 0 Å². The van der Waals surface area contributed by atoms with Crippen LogP contribution in [0.15, 0.2) is 117 Å². The number of carbonyl (C=O) groups excluding carboxylic acids is 1. The molecule has 0 spiro atoms. The molecule has 1 atom stereocenters. The van der Waals surface area contributed by atoms with Gasteiger partial charge in [0.2, 0.25) is 0 Å². The minimum absolute atomic E-state index is 0.145. The Balaban J connectivity index is 1.51. The third kappa shape index (κ3) is 5.48. The van der Waals surface area contributed by atoms with Gasteiger partial charge in [-0.05, 0) is 48.0 Å². The van der Waals surface area contributed by atoms with Crippen LogP contribution in [0.1, 0.15) is 29.9 Å². The lowest BCUT2D eigenvalue weighted by atomic mass is 9.89. The SMILES string of the molecule is CCOC(=O)C1=C(c2ccccc2)N=c2s/c(=C\c3ccc(-c4cccc(Cl)c4Cl)o3)c(=O)n2[C@@H]1c1c(OC)ccc2ccccc12. The van der Waals surface area contributed by atoms with Gasteiger partial charge in [0.05, 0.1) is 39.6 Å². The maximum atomic E-state index is 14.5. The Morgan fingerprint density at radius 2 is 1.77 bits per heavy atom. The van der Waals surface area contributed by atoms with Crippen LogP contribution in [0.2, 0.25) is 10.0 Å². The fourth-order valence-electron chi connectivity index (χ4n) is 5.85. The summed E-state index contributed by atoms with van der Waals surface area (Å²) in [7, 11) is 1.57. The van der Waals surface area contributed by atoms with Gasteiger partial charge in [0.15, 0.2) is 4.80 Å². The van der Waals surface area contributed by atoms with Gasteiger partial charge < -0.3 is 13.9 Å². The van der Waals surface area contributed by atoms with E-state index in [1.54, 1.807) is 48.9 Å². The molecule has 0 fully saturated rings. The van der Waals surface area contributed by atoms with Crippen molar-refractivity contribution in [1.82, 2.24) is 4.57 Å². The first kappa shape index (κ1) is 30.7. The lowest BCUT2D eigenvalue weighted by Gasteiger charge is -2.28. The number of rotatable bonds is 7. The van der Waals surface area contributed by atoms with Gasteiger partial charge in [-0.2, -0.15) is 0 Å². The van der Waals surface area contributed by atoms with Crippen molar-refractivity contribution in [2.45, 2.75) is 13.0 Å². The Hall–Kier alpha value is -4.89. The highest BCUT2D eigenvalue weighted by Crippen LogP contribution is 2.42. The summed E-state index contributed by atoms with van der Waals surface area (Å²) in [5.41, 5.74) is 2.32. The predicted octanol–water partition coefficient (Wildman–Crippen LogP) is 7.66. The van der Waals surface area contributed by atoms with Crippen LogP contribution in [0.25, 0.3) is 33.9 Å². The number of esters is 1. The zero-order valence-corrected chi connectivity index (χ0v) is 27.5. The summed E-state index contributed by atoms with van der Waals surface area (Å²) in [6, 6.07) is 28.9. The molecule has 0 unspecified atom stereocenters. The second-order valence-electron chi connectivity index (χ2n) is 10.6. The molecule has 6 aromatic rings. The third-order valence-electron chi connectivity index (χ3n) is 7.91. The standard InChI is InChI=1S/C37H26Cl2N2O5S/c1-3-45-36(43)31-33(22-11-5-4-6-12-22)40-37-41(34(31)30-24-13-8-7-10-21(24)16-18-28(30)44-2)35(42)29(47-37)20-23-17-19-27(46-23)25-14-9-15-26(38)32(25)39/h4-20,34H,3H2,1-2H3/b29-20-/t34-/m1/s1. The van der Waals surface area contributed by atoms with Gasteiger partial charge in [0, 0.05) is 22.8 Å². The molecule has 3 heterocycles. The number of nitrogens with zero attached hydrogens (tertiary/aromatic N) is 2. The van der Waals surface area contributed by atoms with Crippen molar-refractivity contribution in [2.24, 2.45) is 4.99 Å². The number of thiazole rings is 1. The quantitative estimate of drug-likeness (QED) is 0.162. The number of halogens is 2. The van der Waals surface area contributed by atoms with Gasteiger partial charge in [-0.15, -0.1) is 0 Å². The van der Waals surface area contributed by atoms with Crippen molar-refractivity contribution in [3.05, 3.63) is 149 Å². The summed E-state index contributed by atoms with van der Waals surface area (Å²) < 4.78 is 19.6. The predicted molar refractivity (Wildman–Crippen MR) is 186 cm³/mol. The Labute approximate surface area is 283 Å². The number of aromatic nitrogens is 1. The maximum absolute atomic E-state index is 14.5. The van der Waals surface area contributed by atoms with E-state index in [-0.39, 0.29) is 17.7 Å². The molecule has 1 aliphatic rings. The lowest BCUT2D eigenvalue weighted by molar-refractivity contribution is -0.138. The van der Waals surface area contributed by atoms with Gasteiger partial charge in [-0.25, -0.2) is 9.79 Å². The molecule has 0 radical (unpaired) electrons. The van der Waals surface area contributed by atoms with Crippen LogP contribution in [-0.4, -0.2) is 24.3 Å². The number of benzene rings is 4. The van der Waals surface area contributed by atoms with Gasteiger partial charge in [0.25, 0.3) is 5.56 Å². The largest absolute Gasteiger partial charge is 0.496 e. The van der Waals surface area contributed by atoms with Crippen molar-refractivity contribution in [3.8, 4) is 17.1 Å². The summed E-state index contributed by atoms with van der Waals surface area (Å²) >= 11 is 13.9. The Bertz CT molecular complexity index is 2390. The molecule has 0 saturated heterocycles. The molecule has 0 bridgehead atoms. The molecule has 4 aromatic carbocycles. The van der Waals surface area contributed by atoms with Crippen molar-refractivity contribution >= 4 is 63.1 Å². The first-order valence-corrected chi connectivity index (χ1v) is 16.3. The summed E-state index contributed by atoms with van der Waals surface area (Å²) in [4.78, 5) is 33.8. The molecule has 0 N–H and O–H groups in total. The molecule has 10 heteroatoms. The molecule has 2 aromatic heterocycles. The number of carbonyl (C=O) groups is 1. The van der Waals surface area contributed by atoms with Crippen LogP contribution >= 0.6 is 34.5 Å². The summed E-state index contributed by atoms with van der Waals surface area (Å²) in [5, 5.41) is 2.54. The number of ether oxygens (including phenoxy) is 2. The van der Waals surface area contributed by atoms with E-state index in [0.29, 0.717) is 59.0 Å². The first-order chi connectivity index (χ1) is 22.9. The maximum Gasteiger partial charge on any atom is 0.338 e. The molecule has 7 rings (SSSR count). The summed E-state index contributed by atoms with van der Waals surface area (Å²) in [6.07, 6.45) is 1.67. The summed E-state index contributed by atoms with van der Waals surface area (Å²) in [5.74, 6) is 0.895. The minimum atomic E-state index is -0.916. The Kier molecular flexibility index (Phi) is 8.32. The molecule has 0 aliphatic carbocycles. The van der Waals surface area contributed by atoms with E-state index in [2.05, 4.69) is 0 Å². The summed E-state index contributed by atoms with van der Waals surface area (Å²) in [6.45, 7) is 1.89. The van der Waals surface area contributed by atoms with Crippen molar-refractivity contribution < 1.29 is 18.7 Å². The molecular weight excluding hydrogens is 655 g/mol. The second-order valence-corrected chi connectivity index (χ2v) is 12.4. The van der Waals surface area contributed by atoms with Crippen LogP contribution in [0, 0.1) is 0 Å². The topological polar surface area (TPSA) is 83.0 Å². The van der Waals surface area contributed by atoms with E-state index >= 15 is 0 Å². The number of fused-ring (bicyclic) bond motifs is 2. The average molecular weight is 682 g/mol. The van der Waals surface area contributed by atoms with Crippen LogP contribution in [-0.2, 0) is 9.53 Å². The monoisotopic (exact) mass is 680 g/mol. The van der Waals surface area contributed by atoms with Gasteiger partial charge in [-0.1, -0.05) is 101 Å². The number of methoxy groups -OCH3 is 1. The van der Waals surface area contributed by atoms with E-state index in [1.165, 1.54) is 11.3 Å². The van der Waals surface area contributed by atoms with Crippen LogP contribution in [0.4, 0.5) is 0 Å². The molecule has 1 aliphatic heterocycles. The molecular formula is C37H26Cl2N2O5S. The zero-order chi connectivity index (χ0) is 32.7. The van der Waals surface area contributed by atoms with E-state index < -0.39 is 12.0 Å². The number of hydrogen-bond acceptors (Lipinski definition) is 7. The van der Waals surface area contributed by atoms with E-state index in [0.717, 1.165) is 10.8 Å². The Morgan fingerprint density at radius 3 is 2.55 bits per heavy atom. The van der Waals surface area contributed by atoms with E-state index in [4.69, 9.17) is 42.1 Å². The second kappa shape index (κ2) is 12.7. The molecule has 7 nitrogen and oxygen atoms in total. The highest BCUT2D eigenvalue weighted by molar-refractivity contribution is 7.07. The average Bonchev–Trinajstić information content (AvgIpc) is 3.68. The number of hydrogen-bond donors (Lipinski definition) is 0. The molecule has 234 valence electrons. The van der Waals surface area contributed by atoms with Crippen molar-refractivity contribution in [3.63, 3.8) is 0 Å². The van der Waals surface area contributed by atoms with Crippen molar-refractivity contribution in [2.75, 3.05) is 13.7 Å². The fraction of sp³-hybridized carbons (Fsp3) is 0.108. The Morgan fingerprint density at radius 1 is 0.979 bits per heavy atom.